The number of nitro groups is 2. The number of aryl methyl sites for hydroxylation is 1. The van der Waals surface area contributed by atoms with Crippen LogP contribution >= 0.6 is 0 Å². The van der Waals surface area contributed by atoms with Gasteiger partial charge in [0.2, 0.25) is 5.91 Å². The fourth-order valence-electron chi connectivity index (χ4n) is 4.94. The average molecular weight is 612 g/mol. The van der Waals surface area contributed by atoms with Crippen LogP contribution in [0.1, 0.15) is 16.1 Å². The van der Waals surface area contributed by atoms with Gasteiger partial charge in [-0.2, -0.15) is 0 Å². The molecule has 1 N–H and O–H groups in total. The number of anilines is 2. The fourth-order valence-corrected chi connectivity index (χ4v) is 4.94. The van der Waals surface area contributed by atoms with Crippen molar-refractivity contribution in [2.45, 2.75) is 19.6 Å². The second kappa shape index (κ2) is 12.3. The van der Waals surface area contributed by atoms with Crippen molar-refractivity contribution < 1.29 is 33.4 Å². The van der Waals surface area contributed by atoms with E-state index in [-0.39, 0.29) is 38.3 Å². The molecule has 230 valence electrons. The number of hydrogen-bond acceptors (Lipinski definition) is 11. The largest absolute Gasteiger partial charge is 0.442 e. The molecule has 1 atom stereocenters. The van der Waals surface area contributed by atoms with Crippen LogP contribution in [0.15, 0.2) is 42.6 Å². The SMILES string of the molecule is Cc1cn(C[C@H]2CN(c3ccc(N4CCN(C(=O)CNC(=O)c5cc([N+](=O)[O-])cc([N+](=O)[O-])c5)CC4)c(F)c3)C(=O)O2)nn1. The van der Waals surface area contributed by atoms with Crippen molar-refractivity contribution in [2.75, 3.05) is 49.1 Å². The van der Waals surface area contributed by atoms with E-state index in [9.17, 15) is 34.6 Å². The lowest BCUT2D eigenvalue weighted by Gasteiger charge is -2.36. The van der Waals surface area contributed by atoms with Crippen molar-refractivity contribution in [1.82, 2.24) is 25.2 Å². The number of non-ortho nitro benzene ring substituents is 2. The number of benzene rings is 2. The minimum atomic E-state index is -0.882. The van der Waals surface area contributed by atoms with Gasteiger partial charge in [0.25, 0.3) is 17.3 Å². The number of amides is 3. The molecular weight excluding hydrogens is 585 g/mol. The molecule has 0 bridgehead atoms. The number of cyclic esters (lactones) is 1. The lowest BCUT2D eigenvalue weighted by atomic mass is 10.1. The number of aromatic nitrogens is 3. The van der Waals surface area contributed by atoms with Gasteiger partial charge in [0.1, 0.15) is 11.9 Å². The van der Waals surface area contributed by atoms with Crippen molar-refractivity contribution in [3.8, 4) is 0 Å². The number of halogens is 1. The van der Waals surface area contributed by atoms with Crippen molar-refractivity contribution in [3.05, 3.63) is 79.9 Å². The third-order valence-electron chi connectivity index (χ3n) is 7.12. The van der Waals surface area contributed by atoms with E-state index in [4.69, 9.17) is 4.74 Å². The van der Waals surface area contributed by atoms with Gasteiger partial charge < -0.3 is 19.9 Å². The van der Waals surface area contributed by atoms with Crippen LogP contribution in [0, 0.1) is 33.0 Å². The number of ether oxygens (including phenoxy) is 1. The molecular formula is C26H26FN9O8. The van der Waals surface area contributed by atoms with E-state index in [1.807, 2.05) is 0 Å². The molecule has 3 aromatic rings. The summed E-state index contributed by atoms with van der Waals surface area (Å²) in [5.41, 5.74) is -0.222. The summed E-state index contributed by atoms with van der Waals surface area (Å²) in [7, 11) is 0. The Hall–Kier alpha value is -5.68. The summed E-state index contributed by atoms with van der Waals surface area (Å²) in [5.74, 6) is -1.88. The van der Waals surface area contributed by atoms with E-state index < -0.39 is 57.6 Å². The lowest BCUT2D eigenvalue weighted by molar-refractivity contribution is -0.394. The zero-order valence-corrected chi connectivity index (χ0v) is 23.3. The molecule has 44 heavy (non-hydrogen) atoms. The number of carbonyl (C=O) groups excluding carboxylic acids is 3. The molecule has 2 fully saturated rings. The molecule has 17 nitrogen and oxygen atoms in total. The minimum absolute atomic E-state index is 0.214. The fraction of sp³-hybridized carbons (Fsp3) is 0.346. The topological polar surface area (TPSA) is 199 Å². The third-order valence-corrected chi connectivity index (χ3v) is 7.12. The lowest BCUT2D eigenvalue weighted by Crippen LogP contribution is -2.51. The number of carbonyl (C=O) groups is 3. The van der Waals surface area contributed by atoms with Gasteiger partial charge in [0, 0.05) is 44.5 Å². The van der Waals surface area contributed by atoms with Gasteiger partial charge in [-0.25, -0.2) is 13.9 Å². The minimum Gasteiger partial charge on any atom is -0.442 e. The zero-order chi connectivity index (χ0) is 31.5. The summed E-state index contributed by atoms with van der Waals surface area (Å²) in [4.78, 5) is 62.6. The molecule has 0 saturated carbocycles. The van der Waals surface area contributed by atoms with E-state index >= 15 is 4.39 Å². The van der Waals surface area contributed by atoms with Gasteiger partial charge >= 0.3 is 6.09 Å². The first-order valence-electron chi connectivity index (χ1n) is 13.4. The summed E-state index contributed by atoms with van der Waals surface area (Å²) < 4.78 is 22.2. The van der Waals surface area contributed by atoms with Gasteiger partial charge in [-0.1, -0.05) is 5.21 Å². The van der Waals surface area contributed by atoms with Gasteiger partial charge in [0.05, 0.1) is 58.2 Å². The molecule has 5 rings (SSSR count). The predicted molar refractivity (Wildman–Crippen MR) is 150 cm³/mol. The number of nitrogens with one attached hydrogen (secondary N) is 1. The van der Waals surface area contributed by atoms with Crippen LogP contribution in [-0.2, 0) is 16.1 Å². The van der Waals surface area contributed by atoms with Crippen LogP contribution in [0.25, 0.3) is 0 Å². The summed E-state index contributed by atoms with van der Waals surface area (Å²) in [6, 6.07) is 6.93. The Bertz CT molecular complexity index is 1610. The molecule has 2 aliphatic heterocycles. The summed E-state index contributed by atoms with van der Waals surface area (Å²) in [6.07, 6.45) is 0.651. The molecule has 3 heterocycles. The summed E-state index contributed by atoms with van der Waals surface area (Å²) in [6.45, 7) is 2.90. The van der Waals surface area contributed by atoms with Crippen LogP contribution in [0.2, 0.25) is 0 Å². The highest BCUT2D eigenvalue weighted by Crippen LogP contribution is 2.29. The van der Waals surface area contributed by atoms with Crippen molar-refractivity contribution in [3.63, 3.8) is 0 Å². The molecule has 18 heteroatoms. The molecule has 2 aliphatic rings. The first-order chi connectivity index (χ1) is 21.0. The Morgan fingerprint density at radius 2 is 1.75 bits per heavy atom. The number of hydrogen-bond donors (Lipinski definition) is 1. The molecule has 0 spiro atoms. The van der Waals surface area contributed by atoms with E-state index in [1.165, 1.54) is 15.9 Å². The molecule has 2 saturated heterocycles. The highest BCUT2D eigenvalue weighted by molar-refractivity contribution is 5.97. The van der Waals surface area contributed by atoms with E-state index in [0.717, 1.165) is 23.9 Å². The van der Waals surface area contributed by atoms with Gasteiger partial charge in [-0.05, 0) is 25.1 Å². The van der Waals surface area contributed by atoms with Crippen LogP contribution in [0.3, 0.4) is 0 Å². The maximum Gasteiger partial charge on any atom is 0.414 e. The Labute approximate surface area is 248 Å². The zero-order valence-electron chi connectivity index (χ0n) is 23.3. The van der Waals surface area contributed by atoms with E-state index in [2.05, 4.69) is 15.6 Å². The number of rotatable bonds is 9. The monoisotopic (exact) mass is 611 g/mol. The van der Waals surface area contributed by atoms with Crippen molar-refractivity contribution >= 4 is 40.7 Å². The Morgan fingerprint density at radius 1 is 1.07 bits per heavy atom. The van der Waals surface area contributed by atoms with Gasteiger partial charge in [-0.15, -0.1) is 5.10 Å². The number of nitro benzene ring substituents is 2. The molecule has 0 unspecified atom stereocenters. The van der Waals surface area contributed by atoms with E-state index in [0.29, 0.717) is 17.9 Å². The second-order valence-corrected chi connectivity index (χ2v) is 10.1. The van der Waals surface area contributed by atoms with Crippen LogP contribution in [0.5, 0.6) is 0 Å². The highest BCUT2D eigenvalue weighted by atomic mass is 19.1. The molecule has 2 aromatic carbocycles. The normalized spacial score (nSPS) is 16.5. The summed E-state index contributed by atoms with van der Waals surface area (Å²) in [5, 5.41) is 32.3. The summed E-state index contributed by atoms with van der Waals surface area (Å²) >= 11 is 0. The Morgan fingerprint density at radius 3 is 2.34 bits per heavy atom. The van der Waals surface area contributed by atoms with Gasteiger partial charge in [-0.3, -0.25) is 34.7 Å². The first-order valence-corrected chi connectivity index (χ1v) is 13.4. The quantitative estimate of drug-likeness (QED) is 0.272. The maximum atomic E-state index is 15.2. The number of nitrogens with zero attached hydrogens (tertiary/aromatic N) is 8. The van der Waals surface area contributed by atoms with Crippen LogP contribution in [0.4, 0.5) is 31.9 Å². The van der Waals surface area contributed by atoms with E-state index in [1.54, 1.807) is 34.8 Å². The molecule has 1 aromatic heterocycles. The standard InChI is InChI=1S/C26H26FN9O8/c1-16-13-33(30-29-16)14-21-15-34(26(39)44-21)18-2-3-23(22(27)11-18)31-4-6-32(7-5-31)24(37)12-28-25(38)17-8-19(35(40)41)10-20(9-17)36(42)43/h2-3,8-11,13,21H,4-7,12,14-15H2,1H3,(H,28,38)/t21-/m0/s1. The van der Waals surface area contributed by atoms with Crippen LogP contribution in [-0.4, -0.2) is 93.0 Å². The highest BCUT2D eigenvalue weighted by Gasteiger charge is 2.34. The Balaban J connectivity index is 1.13. The van der Waals surface area contributed by atoms with Crippen molar-refractivity contribution in [2.24, 2.45) is 0 Å². The Kier molecular flexibility index (Phi) is 8.32. The molecule has 3 amide bonds. The smallest absolute Gasteiger partial charge is 0.414 e. The van der Waals surface area contributed by atoms with Crippen molar-refractivity contribution in [1.29, 1.82) is 0 Å². The third kappa shape index (κ3) is 6.53. The predicted octanol–water partition coefficient (Wildman–Crippen LogP) is 1.65. The average Bonchev–Trinajstić information content (AvgIpc) is 3.59. The number of piperazine rings is 1. The van der Waals surface area contributed by atoms with Gasteiger partial charge in [0.15, 0.2) is 0 Å². The molecule has 0 aliphatic carbocycles. The maximum absolute atomic E-state index is 15.2. The molecule has 0 radical (unpaired) electrons. The first kappa shape index (κ1) is 29.8. The van der Waals surface area contributed by atoms with Crippen LogP contribution < -0.4 is 15.1 Å². The second-order valence-electron chi connectivity index (χ2n) is 10.1.